The number of carboxylic acids is 1. The molecule has 2 aromatic heterocycles. The molecule has 1 aliphatic rings. The van der Waals surface area contributed by atoms with Gasteiger partial charge in [-0.15, -0.1) is 5.10 Å². The Kier molecular flexibility index (Phi) is 4.62. The molecule has 0 aliphatic carbocycles. The van der Waals surface area contributed by atoms with E-state index in [1.165, 1.54) is 11.1 Å². The van der Waals surface area contributed by atoms with Crippen LogP contribution in [0.15, 0.2) is 24.5 Å². The van der Waals surface area contributed by atoms with Gasteiger partial charge in [-0.05, 0) is 25.0 Å². The second kappa shape index (κ2) is 6.73. The highest BCUT2D eigenvalue weighted by atomic mass is 19.4. The summed E-state index contributed by atoms with van der Waals surface area (Å²) in [4.78, 5) is 28.5. The predicted molar refractivity (Wildman–Crippen MR) is 80.5 cm³/mol. The molecule has 1 fully saturated rings. The summed E-state index contributed by atoms with van der Waals surface area (Å²) in [6.07, 6.45) is -1.44. The maximum Gasteiger partial charge on any atom is 0.417 e. The molecule has 1 N–H and O–H groups in total. The number of rotatable bonds is 4. The number of halogens is 3. The van der Waals surface area contributed by atoms with Crippen molar-refractivity contribution < 1.29 is 27.9 Å². The van der Waals surface area contributed by atoms with Crippen molar-refractivity contribution >= 4 is 11.9 Å². The van der Waals surface area contributed by atoms with Gasteiger partial charge in [0.2, 0.25) is 0 Å². The largest absolute Gasteiger partial charge is 0.481 e. The molecule has 0 saturated carbocycles. The van der Waals surface area contributed by atoms with Crippen molar-refractivity contribution in [2.24, 2.45) is 0 Å². The highest BCUT2D eigenvalue weighted by molar-refractivity contribution is 5.92. The Bertz CT molecular complexity index is 819. The summed E-state index contributed by atoms with van der Waals surface area (Å²) in [7, 11) is 0. The SMILES string of the molecule is O=C(O)CC1CCCN1C(=O)c1cn(-c2ccc(C(F)(F)F)cn2)nn1. The molecule has 0 aromatic carbocycles. The van der Waals surface area contributed by atoms with Crippen molar-refractivity contribution in [3.8, 4) is 5.82 Å². The van der Waals surface area contributed by atoms with Crippen LogP contribution in [-0.4, -0.2) is 54.4 Å². The summed E-state index contributed by atoms with van der Waals surface area (Å²) < 4.78 is 38.8. The van der Waals surface area contributed by atoms with E-state index in [-0.39, 0.29) is 17.9 Å². The zero-order chi connectivity index (χ0) is 18.9. The number of aliphatic carboxylic acids is 1. The van der Waals surface area contributed by atoms with Crippen LogP contribution in [0.25, 0.3) is 5.82 Å². The number of likely N-dealkylation sites (tertiary alicyclic amines) is 1. The quantitative estimate of drug-likeness (QED) is 0.881. The first-order valence-corrected chi connectivity index (χ1v) is 7.74. The van der Waals surface area contributed by atoms with Gasteiger partial charge in [-0.1, -0.05) is 5.21 Å². The first kappa shape index (κ1) is 17.8. The Balaban J connectivity index is 1.77. The Morgan fingerprint density at radius 3 is 2.69 bits per heavy atom. The van der Waals surface area contributed by atoms with Crippen LogP contribution in [-0.2, 0) is 11.0 Å². The second-order valence-electron chi connectivity index (χ2n) is 5.84. The molecule has 1 atom stereocenters. The Hall–Kier alpha value is -2.98. The second-order valence-corrected chi connectivity index (χ2v) is 5.84. The number of nitrogens with zero attached hydrogens (tertiary/aromatic N) is 5. The molecule has 3 rings (SSSR count). The number of hydrogen-bond donors (Lipinski definition) is 1. The lowest BCUT2D eigenvalue weighted by Gasteiger charge is -2.22. The lowest BCUT2D eigenvalue weighted by atomic mass is 10.1. The summed E-state index contributed by atoms with van der Waals surface area (Å²) in [6, 6.07) is 1.57. The van der Waals surface area contributed by atoms with Gasteiger partial charge in [-0.3, -0.25) is 9.59 Å². The molecule has 1 saturated heterocycles. The molecule has 11 heteroatoms. The molecule has 0 radical (unpaired) electrons. The van der Waals surface area contributed by atoms with Gasteiger partial charge in [0.25, 0.3) is 5.91 Å². The van der Waals surface area contributed by atoms with Crippen molar-refractivity contribution in [2.75, 3.05) is 6.54 Å². The highest BCUT2D eigenvalue weighted by Gasteiger charge is 2.33. The first-order valence-electron chi connectivity index (χ1n) is 7.74. The van der Waals surface area contributed by atoms with Crippen LogP contribution in [0.4, 0.5) is 13.2 Å². The van der Waals surface area contributed by atoms with E-state index in [1.807, 2.05) is 0 Å². The van der Waals surface area contributed by atoms with Crippen LogP contribution < -0.4 is 0 Å². The maximum atomic E-state index is 12.6. The van der Waals surface area contributed by atoms with Gasteiger partial charge in [0.15, 0.2) is 11.5 Å². The number of pyridine rings is 1. The lowest BCUT2D eigenvalue weighted by Crippen LogP contribution is -2.37. The number of alkyl halides is 3. The van der Waals surface area contributed by atoms with Crippen molar-refractivity contribution in [1.82, 2.24) is 24.9 Å². The molecule has 0 bridgehead atoms. The number of amides is 1. The van der Waals surface area contributed by atoms with E-state index >= 15 is 0 Å². The van der Waals surface area contributed by atoms with Crippen LogP contribution in [0.1, 0.15) is 35.3 Å². The number of aromatic nitrogens is 4. The van der Waals surface area contributed by atoms with E-state index < -0.39 is 29.7 Å². The molecule has 0 spiro atoms. The van der Waals surface area contributed by atoms with E-state index in [1.54, 1.807) is 0 Å². The molecule has 26 heavy (non-hydrogen) atoms. The van der Waals surface area contributed by atoms with Gasteiger partial charge in [0.1, 0.15) is 0 Å². The van der Waals surface area contributed by atoms with Crippen molar-refractivity contribution in [1.29, 1.82) is 0 Å². The highest BCUT2D eigenvalue weighted by Crippen LogP contribution is 2.28. The minimum atomic E-state index is -4.50. The molecule has 3 heterocycles. The number of carboxylic acid groups (broad SMARTS) is 1. The van der Waals surface area contributed by atoms with Gasteiger partial charge in [0, 0.05) is 18.8 Å². The molecule has 1 amide bonds. The third-order valence-electron chi connectivity index (χ3n) is 4.07. The smallest absolute Gasteiger partial charge is 0.417 e. The predicted octanol–water partition coefficient (Wildman–Crippen LogP) is 1.76. The van der Waals surface area contributed by atoms with Crippen molar-refractivity contribution in [3.05, 3.63) is 35.8 Å². The van der Waals surface area contributed by atoms with Gasteiger partial charge in [-0.25, -0.2) is 9.67 Å². The maximum absolute atomic E-state index is 12.6. The fourth-order valence-electron chi connectivity index (χ4n) is 2.83. The first-order chi connectivity index (χ1) is 12.3. The molecule has 1 unspecified atom stereocenters. The minimum absolute atomic E-state index is 0.0241. The number of carbonyl (C=O) groups excluding carboxylic acids is 1. The summed E-state index contributed by atoms with van der Waals surface area (Å²) in [5.74, 6) is -1.38. The summed E-state index contributed by atoms with van der Waals surface area (Å²) in [5, 5.41) is 16.4. The molecule has 1 aliphatic heterocycles. The van der Waals surface area contributed by atoms with E-state index in [2.05, 4.69) is 15.3 Å². The fraction of sp³-hybridized carbons (Fsp3) is 0.400. The van der Waals surface area contributed by atoms with Gasteiger partial charge in [-0.2, -0.15) is 13.2 Å². The van der Waals surface area contributed by atoms with Crippen LogP contribution in [0.3, 0.4) is 0 Å². The summed E-state index contributed by atoms with van der Waals surface area (Å²) >= 11 is 0. The standard InChI is InChI=1S/C15H14F3N5O3/c16-15(17,18)9-3-4-12(19-7-9)23-8-11(20-21-23)14(26)22-5-1-2-10(22)6-13(24)25/h3-4,7-8,10H,1-2,5-6H2,(H,24,25). The Morgan fingerprint density at radius 1 is 1.31 bits per heavy atom. The Labute approximate surface area is 145 Å². The van der Waals surface area contributed by atoms with E-state index in [4.69, 9.17) is 5.11 Å². The van der Waals surface area contributed by atoms with Crippen LogP contribution >= 0.6 is 0 Å². The third-order valence-corrected chi connectivity index (χ3v) is 4.07. The third kappa shape index (κ3) is 3.65. The van der Waals surface area contributed by atoms with Gasteiger partial charge in [0.05, 0.1) is 18.2 Å². The van der Waals surface area contributed by atoms with E-state index in [0.29, 0.717) is 25.6 Å². The number of carbonyl (C=O) groups is 2. The molecule has 8 nitrogen and oxygen atoms in total. The van der Waals surface area contributed by atoms with Crippen LogP contribution in [0, 0.1) is 0 Å². The molecular formula is C15H14F3N5O3. The molecule has 2 aromatic rings. The monoisotopic (exact) mass is 369 g/mol. The normalized spacial score (nSPS) is 17.5. The minimum Gasteiger partial charge on any atom is -0.481 e. The topological polar surface area (TPSA) is 101 Å². The average molecular weight is 369 g/mol. The summed E-state index contributed by atoms with van der Waals surface area (Å²) in [6.45, 7) is 0.419. The van der Waals surface area contributed by atoms with Crippen LogP contribution in [0.2, 0.25) is 0 Å². The molecular weight excluding hydrogens is 355 g/mol. The average Bonchev–Trinajstić information content (AvgIpc) is 3.22. The van der Waals surface area contributed by atoms with Crippen molar-refractivity contribution in [2.45, 2.75) is 31.5 Å². The number of hydrogen-bond acceptors (Lipinski definition) is 5. The molecule has 138 valence electrons. The van der Waals surface area contributed by atoms with E-state index in [9.17, 15) is 22.8 Å². The zero-order valence-corrected chi connectivity index (χ0v) is 13.3. The van der Waals surface area contributed by atoms with Crippen molar-refractivity contribution in [3.63, 3.8) is 0 Å². The van der Waals surface area contributed by atoms with Gasteiger partial charge >= 0.3 is 12.1 Å². The van der Waals surface area contributed by atoms with Gasteiger partial charge < -0.3 is 10.0 Å². The zero-order valence-electron chi connectivity index (χ0n) is 13.3. The van der Waals surface area contributed by atoms with E-state index in [0.717, 1.165) is 16.8 Å². The lowest BCUT2D eigenvalue weighted by molar-refractivity contribution is -0.138. The fourth-order valence-corrected chi connectivity index (χ4v) is 2.83. The summed E-state index contributed by atoms with van der Waals surface area (Å²) in [5.41, 5.74) is -0.921. The Morgan fingerprint density at radius 2 is 2.08 bits per heavy atom. The van der Waals surface area contributed by atoms with Crippen LogP contribution in [0.5, 0.6) is 0 Å².